The molecule has 20 heavy (non-hydrogen) atoms. The second-order valence-electron chi connectivity index (χ2n) is 4.75. The Kier molecular flexibility index (Phi) is 3.42. The predicted molar refractivity (Wildman–Crippen MR) is 71.2 cm³/mol. The zero-order valence-electron chi connectivity index (χ0n) is 10.9. The molecule has 0 bridgehead atoms. The van der Waals surface area contributed by atoms with Gasteiger partial charge < -0.3 is 15.7 Å². The molecule has 0 unspecified atom stereocenters. The minimum absolute atomic E-state index is 0.157. The van der Waals surface area contributed by atoms with Gasteiger partial charge in [0.25, 0.3) is 5.95 Å². The average Bonchev–Trinajstić information content (AvgIpc) is 3.01. The van der Waals surface area contributed by atoms with Gasteiger partial charge in [0, 0.05) is 19.7 Å². The minimum atomic E-state index is 0.157. The quantitative estimate of drug-likeness (QED) is 0.751. The lowest BCUT2D eigenvalue weighted by molar-refractivity contribution is 0.202. The summed E-state index contributed by atoms with van der Waals surface area (Å²) in [6.45, 7) is 1.83. The number of nitrogen functional groups attached to an aromatic ring is 1. The standard InChI is InChI=1S/C11H16N8O/c12-9-15-10(18-3-1-8(5-20)2-4-18)17-11(16-9)19-7-13-6-14-19/h6-8,20H,1-5H2,(H2,12,15,16,17). The summed E-state index contributed by atoms with van der Waals surface area (Å²) in [4.78, 5) is 18.5. The Morgan fingerprint density at radius 3 is 2.60 bits per heavy atom. The van der Waals surface area contributed by atoms with Crippen LogP contribution >= 0.6 is 0 Å². The number of rotatable bonds is 3. The Morgan fingerprint density at radius 1 is 1.20 bits per heavy atom. The molecule has 0 saturated carbocycles. The van der Waals surface area contributed by atoms with Crippen molar-refractivity contribution in [2.75, 3.05) is 30.3 Å². The number of nitrogens with zero attached hydrogens (tertiary/aromatic N) is 7. The number of hydrogen-bond acceptors (Lipinski definition) is 8. The Balaban J connectivity index is 1.83. The lowest BCUT2D eigenvalue weighted by Crippen LogP contribution is -2.36. The van der Waals surface area contributed by atoms with E-state index in [1.54, 1.807) is 0 Å². The summed E-state index contributed by atoms with van der Waals surface area (Å²) < 4.78 is 1.45. The maximum Gasteiger partial charge on any atom is 0.258 e. The van der Waals surface area contributed by atoms with Gasteiger partial charge in [0.1, 0.15) is 12.7 Å². The molecule has 9 heteroatoms. The molecule has 3 rings (SSSR count). The van der Waals surface area contributed by atoms with E-state index in [4.69, 9.17) is 10.8 Å². The van der Waals surface area contributed by atoms with Crippen LogP contribution in [0.5, 0.6) is 0 Å². The van der Waals surface area contributed by atoms with Crippen LogP contribution in [0.4, 0.5) is 11.9 Å². The zero-order valence-corrected chi connectivity index (χ0v) is 10.9. The normalized spacial score (nSPS) is 16.6. The minimum Gasteiger partial charge on any atom is -0.396 e. The van der Waals surface area contributed by atoms with Crippen molar-refractivity contribution in [3.63, 3.8) is 0 Å². The lowest BCUT2D eigenvalue weighted by atomic mass is 9.98. The number of aliphatic hydroxyl groups excluding tert-OH is 1. The second kappa shape index (κ2) is 5.37. The Hall–Kier alpha value is -2.29. The number of nitrogens with two attached hydrogens (primary N) is 1. The molecule has 3 heterocycles. The smallest absolute Gasteiger partial charge is 0.258 e. The van der Waals surface area contributed by atoms with E-state index in [9.17, 15) is 0 Å². The van der Waals surface area contributed by atoms with Crippen molar-refractivity contribution in [1.29, 1.82) is 0 Å². The van der Waals surface area contributed by atoms with Gasteiger partial charge in [-0.2, -0.15) is 24.7 Å². The Labute approximate surface area is 115 Å². The SMILES string of the molecule is Nc1nc(N2CCC(CO)CC2)nc(-n2cncn2)n1. The molecule has 2 aromatic rings. The molecule has 0 aromatic carbocycles. The summed E-state index contributed by atoms with van der Waals surface area (Å²) in [5.74, 6) is 1.42. The summed E-state index contributed by atoms with van der Waals surface area (Å²) in [5.41, 5.74) is 5.74. The fourth-order valence-electron chi connectivity index (χ4n) is 2.24. The van der Waals surface area contributed by atoms with Crippen LogP contribution in [-0.2, 0) is 0 Å². The Bertz CT molecular complexity index is 564. The number of aliphatic hydroxyl groups is 1. The lowest BCUT2D eigenvalue weighted by Gasteiger charge is -2.31. The van der Waals surface area contributed by atoms with Crippen LogP contribution in [-0.4, -0.2) is 54.5 Å². The van der Waals surface area contributed by atoms with Gasteiger partial charge in [0.2, 0.25) is 11.9 Å². The van der Waals surface area contributed by atoms with Crippen molar-refractivity contribution in [2.24, 2.45) is 5.92 Å². The number of piperidine rings is 1. The van der Waals surface area contributed by atoms with E-state index in [2.05, 4.69) is 25.0 Å². The third-order valence-corrected chi connectivity index (χ3v) is 3.41. The van der Waals surface area contributed by atoms with Gasteiger partial charge in [-0.05, 0) is 18.8 Å². The molecule has 3 N–H and O–H groups in total. The van der Waals surface area contributed by atoms with Gasteiger partial charge in [0.15, 0.2) is 0 Å². The monoisotopic (exact) mass is 276 g/mol. The van der Waals surface area contributed by atoms with Crippen LogP contribution in [0.2, 0.25) is 0 Å². The number of hydrogen-bond donors (Lipinski definition) is 2. The highest BCUT2D eigenvalue weighted by molar-refractivity contribution is 5.37. The van der Waals surface area contributed by atoms with Gasteiger partial charge in [0.05, 0.1) is 0 Å². The van der Waals surface area contributed by atoms with E-state index < -0.39 is 0 Å². The van der Waals surface area contributed by atoms with Crippen molar-refractivity contribution >= 4 is 11.9 Å². The molecule has 1 saturated heterocycles. The molecule has 9 nitrogen and oxygen atoms in total. The van der Waals surface area contributed by atoms with E-state index in [0.717, 1.165) is 25.9 Å². The first-order chi connectivity index (χ1) is 9.76. The molecule has 1 aliphatic heterocycles. The zero-order chi connectivity index (χ0) is 13.9. The van der Waals surface area contributed by atoms with Crippen LogP contribution in [0.3, 0.4) is 0 Å². The van der Waals surface area contributed by atoms with Gasteiger partial charge in [-0.25, -0.2) is 4.98 Å². The number of aromatic nitrogens is 6. The van der Waals surface area contributed by atoms with Crippen molar-refractivity contribution in [1.82, 2.24) is 29.7 Å². The first kappa shape index (κ1) is 12.7. The topological polar surface area (TPSA) is 119 Å². The van der Waals surface area contributed by atoms with Crippen molar-refractivity contribution in [3.8, 4) is 5.95 Å². The maximum atomic E-state index is 9.16. The van der Waals surface area contributed by atoms with E-state index in [0.29, 0.717) is 17.8 Å². The van der Waals surface area contributed by atoms with Crippen molar-refractivity contribution in [3.05, 3.63) is 12.7 Å². The van der Waals surface area contributed by atoms with Gasteiger partial charge >= 0.3 is 0 Å². The van der Waals surface area contributed by atoms with Crippen LogP contribution in [0, 0.1) is 5.92 Å². The van der Waals surface area contributed by atoms with Crippen molar-refractivity contribution < 1.29 is 5.11 Å². The number of anilines is 2. The summed E-state index contributed by atoms with van der Waals surface area (Å²) >= 11 is 0. The molecule has 0 spiro atoms. The molecule has 1 fully saturated rings. The molecule has 106 valence electrons. The first-order valence-corrected chi connectivity index (χ1v) is 6.48. The van der Waals surface area contributed by atoms with Gasteiger partial charge in [-0.1, -0.05) is 0 Å². The highest BCUT2D eigenvalue weighted by atomic mass is 16.3. The molecule has 0 atom stereocenters. The van der Waals surface area contributed by atoms with E-state index in [1.807, 2.05) is 4.90 Å². The molecule has 1 aliphatic rings. The van der Waals surface area contributed by atoms with Crippen molar-refractivity contribution in [2.45, 2.75) is 12.8 Å². The second-order valence-corrected chi connectivity index (χ2v) is 4.75. The third-order valence-electron chi connectivity index (χ3n) is 3.41. The predicted octanol–water partition coefficient (Wildman–Crippen LogP) is -0.757. The summed E-state index contributed by atoms with van der Waals surface area (Å²) in [7, 11) is 0. The maximum absolute atomic E-state index is 9.16. The summed E-state index contributed by atoms with van der Waals surface area (Å²) in [6.07, 6.45) is 4.75. The third kappa shape index (κ3) is 2.52. The summed E-state index contributed by atoms with van der Waals surface area (Å²) in [6, 6.07) is 0. The highest BCUT2D eigenvalue weighted by Gasteiger charge is 2.21. The highest BCUT2D eigenvalue weighted by Crippen LogP contribution is 2.20. The first-order valence-electron chi connectivity index (χ1n) is 6.48. The summed E-state index contributed by atoms with van der Waals surface area (Å²) in [5, 5.41) is 13.1. The van der Waals surface area contributed by atoms with Crippen LogP contribution < -0.4 is 10.6 Å². The Morgan fingerprint density at radius 2 is 1.95 bits per heavy atom. The fraction of sp³-hybridized carbons (Fsp3) is 0.545. The molecular formula is C11H16N8O. The van der Waals surface area contributed by atoms with Crippen LogP contribution in [0.25, 0.3) is 5.95 Å². The van der Waals surface area contributed by atoms with Crippen LogP contribution in [0.15, 0.2) is 12.7 Å². The van der Waals surface area contributed by atoms with E-state index in [-0.39, 0.29) is 12.6 Å². The molecule has 0 radical (unpaired) electrons. The molecular weight excluding hydrogens is 260 g/mol. The van der Waals surface area contributed by atoms with E-state index >= 15 is 0 Å². The largest absolute Gasteiger partial charge is 0.396 e. The fourth-order valence-corrected chi connectivity index (χ4v) is 2.24. The van der Waals surface area contributed by atoms with E-state index in [1.165, 1.54) is 17.3 Å². The molecule has 2 aromatic heterocycles. The van der Waals surface area contributed by atoms with Gasteiger partial charge in [-0.15, -0.1) is 0 Å². The average molecular weight is 276 g/mol. The van der Waals surface area contributed by atoms with Gasteiger partial charge in [-0.3, -0.25) is 0 Å². The molecule has 0 aliphatic carbocycles. The van der Waals surface area contributed by atoms with Crippen LogP contribution in [0.1, 0.15) is 12.8 Å². The molecule has 0 amide bonds.